The smallest absolute Gasteiger partial charge is 0.319 e. The van der Waals surface area contributed by atoms with Crippen LogP contribution < -0.4 is 10.6 Å². The Labute approximate surface area is 112 Å². The normalized spacial score (nSPS) is 11.5. The Morgan fingerprint density at radius 3 is 2.21 bits per heavy atom. The van der Waals surface area contributed by atoms with Gasteiger partial charge in [-0.25, -0.2) is 4.79 Å². The van der Waals surface area contributed by atoms with Gasteiger partial charge in [-0.15, -0.1) is 0 Å². The first kappa shape index (κ1) is 14.9. The van der Waals surface area contributed by atoms with Crippen LogP contribution in [0.3, 0.4) is 0 Å². The number of anilines is 1. The molecule has 2 amide bonds. The molecule has 0 aliphatic rings. The highest BCUT2D eigenvalue weighted by Gasteiger charge is 2.13. The molecule has 2 N–H and O–H groups in total. The number of hydrogen-bond donors (Lipinski definition) is 2. The van der Waals surface area contributed by atoms with Gasteiger partial charge >= 0.3 is 6.03 Å². The predicted molar refractivity (Wildman–Crippen MR) is 73.4 cm³/mol. The fourth-order valence-corrected chi connectivity index (χ4v) is 1.54. The van der Waals surface area contributed by atoms with Crippen LogP contribution >= 0.6 is 0 Å². The standard InChI is InChI=1S/C14H18N2O3/c1-4-13(18)9(2)15-14(19)16-12-7-5-11(6-8-12)10(3)17/h5-9H,4H2,1-3H3,(H2,15,16,19). The lowest BCUT2D eigenvalue weighted by Gasteiger charge is -2.12. The van der Waals surface area contributed by atoms with Crippen LogP contribution in [0.25, 0.3) is 0 Å². The number of carbonyl (C=O) groups is 3. The second-order valence-electron chi connectivity index (χ2n) is 4.27. The molecule has 5 heteroatoms. The van der Waals surface area contributed by atoms with Gasteiger partial charge in [0.1, 0.15) is 0 Å². The van der Waals surface area contributed by atoms with Gasteiger partial charge in [-0.1, -0.05) is 6.92 Å². The SMILES string of the molecule is CCC(=O)C(C)NC(=O)Nc1ccc(C(C)=O)cc1. The molecule has 0 fully saturated rings. The van der Waals surface area contributed by atoms with Gasteiger partial charge in [-0.3, -0.25) is 9.59 Å². The number of rotatable bonds is 5. The summed E-state index contributed by atoms with van der Waals surface area (Å²) in [5, 5.41) is 5.15. The fraction of sp³-hybridized carbons (Fsp3) is 0.357. The second kappa shape index (κ2) is 6.68. The van der Waals surface area contributed by atoms with Crippen molar-refractivity contribution in [3.05, 3.63) is 29.8 Å². The zero-order valence-electron chi connectivity index (χ0n) is 11.3. The van der Waals surface area contributed by atoms with E-state index in [0.29, 0.717) is 17.7 Å². The summed E-state index contributed by atoms with van der Waals surface area (Å²) in [4.78, 5) is 34.1. The molecule has 0 aliphatic heterocycles. The number of urea groups is 1. The number of ketones is 2. The number of Topliss-reactive ketones (excluding diaryl/α,β-unsaturated/α-hetero) is 2. The third-order valence-corrected chi connectivity index (χ3v) is 2.73. The van der Waals surface area contributed by atoms with Gasteiger partial charge < -0.3 is 10.6 Å². The predicted octanol–water partition coefficient (Wildman–Crippen LogP) is 2.38. The monoisotopic (exact) mass is 262 g/mol. The van der Waals surface area contributed by atoms with Gasteiger partial charge in [0.2, 0.25) is 0 Å². The molecule has 1 aromatic rings. The average Bonchev–Trinajstić information content (AvgIpc) is 2.38. The Kier molecular flexibility index (Phi) is 5.23. The maximum atomic E-state index is 11.6. The van der Waals surface area contributed by atoms with Crippen LogP contribution in [0.4, 0.5) is 10.5 Å². The molecule has 1 atom stereocenters. The summed E-state index contributed by atoms with van der Waals surface area (Å²) in [7, 11) is 0. The van der Waals surface area contributed by atoms with Crippen LogP contribution in [0.2, 0.25) is 0 Å². The van der Waals surface area contributed by atoms with Crippen LogP contribution in [-0.4, -0.2) is 23.6 Å². The van der Waals surface area contributed by atoms with Crippen molar-refractivity contribution in [3.63, 3.8) is 0 Å². The highest BCUT2D eigenvalue weighted by atomic mass is 16.2. The molecule has 1 aromatic carbocycles. The van der Waals surface area contributed by atoms with E-state index in [1.165, 1.54) is 6.92 Å². The molecule has 0 radical (unpaired) electrons. The lowest BCUT2D eigenvalue weighted by atomic mass is 10.1. The third-order valence-electron chi connectivity index (χ3n) is 2.73. The van der Waals surface area contributed by atoms with Crippen LogP contribution in [0, 0.1) is 0 Å². The lowest BCUT2D eigenvalue weighted by Crippen LogP contribution is -2.40. The maximum Gasteiger partial charge on any atom is 0.319 e. The van der Waals surface area contributed by atoms with Crippen molar-refractivity contribution < 1.29 is 14.4 Å². The minimum atomic E-state index is -0.513. The topological polar surface area (TPSA) is 75.3 Å². The van der Waals surface area contributed by atoms with Gasteiger partial charge in [0, 0.05) is 17.7 Å². The van der Waals surface area contributed by atoms with E-state index in [9.17, 15) is 14.4 Å². The first-order valence-corrected chi connectivity index (χ1v) is 6.15. The Hall–Kier alpha value is -2.17. The maximum absolute atomic E-state index is 11.6. The Morgan fingerprint density at radius 1 is 1.16 bits per heavy atom. The van der Waals surface area contributed by atoms with E-state index >= 15 is 0 Å². The quantitative estimate of drug-likeness (QED) is 0.800. The van der Waals surface area contributed by atoms with Crippen molar-refractivity contribution in [2.45, 2.75) is 33.2 Å². The van der Waals surface area contributed by atoms with Crippen LogP contribution in [0.15, 0.2) is 24.3 Å². The summed E-state index contributed by atoms with van der Waals surface area (Å²) in [6.07, 6.45) is 0.384. The summed E-state index contributed by atoms with van der Waals surface area (Å²) in [5.41, 5.74) is 1.15. The molecule has 0 saturated carbocycles. The van der Waals surface area contributed by atoms with Gasteiger partial charge in [-0.05, 0) is 38.1 Å². The molecule has 1 unspecified atom stereocenters. The third kappa shape index (κ3) is 4.54. The van der Waals surface area contributed by atoms with E-state index in [1.807, 2.05) is 0 Å². The largest absolute Gasteiger partial charge is 0.328 e. The molecule has 0 spiro atoms. The minimum Gasteiger partial charge on any atom is -0.328 e. The number of hydrogen-bond acceptors (Lipinski definition) is 3. The summed E-state index contributed by atoms with van der Waals surface area (Å²) >= 11 is 0. The van der Waals surface area contributed by atoms with Crippen molar-refractivity contribution in [2.75, 3.05) is 5.32 Å². The second-order valence-corrected chi connectivity index (χ2v) is 4.27. The Balaban J connectivity index is 2.57. The number of benzene rings is 1. The van der Waals surface area contributed by atoms with Gasteiger partial charge in [0.05, 0.1) is 6.04 Å². The van der Waals surface area contributed by atoms with E-state index in [4.69, 9.17) is 0 Å². The first-order valence-electron chi connectivity index (χ1n) is 6.15. The first-order chi connectivity index (χ1) is 8.93. The molecule has 5 nitrogen and oxygen atoms in total. The Bertz CT molecular complexity index is 480. The molecule has 102 valence electrons. The molecule has 0 saturated heterocycles. The average molecular weight is 262 g/mol. The molecular formula is C14H18N2O3. The van der Waals surface area contributed by atoms with Crippen LogP contribution in [0.5, 0.6) is 0 Å². The number of nitrogens with one attached hydrogen (secondary N) is 2. The highest BCUT2D eigenvalue weighted by molar-refractivity contribution is 5.96. The molecule has 0 aliphatic carbocycles. The summed E-state index contributed by atoms with van der Waals surface area (Å²) in [5.74, 6) is -0.0553. The minimum absolute atomic E-state index is 0.0259. The van der Waals surface area contributed by atoms with Crippen molar-refractivity contribution in [1.82, 2.24) is 5.32 Å². The molecule has 1 rings (SSSR count). The van der Waals surface area contributed by atoms with Crippen molar-refractivity contribution in [1.29, 1.82) is 0 Å². The molecule has 0 heterocycles. The van der Waals surface area contributed by atoms with E-state index in [0.717, 1.165) is 0 Å². The molecular weight excluding hydrogens is 244 g/mol. The highest BCUT2D eigenvalue weighted by Crippen LogP contribution is 2.09. The van der Waals surface area contributed by atoms with Crippen LogP contribution in [0.1, 0.15) is 37.6 Å². The fourth-order valence-electron chi connectivity index (χ4n) is 1.54. The zero-order chi connectivity index (χ0) is 14.4. The van der Waals surface area contributed by atoms with E-state index < -0.39 is 12.1 Å². The molecule has 0 bridgehead atoms. The van der Waals surface area contributed by atoms with Gasteiger partial charge in [0.25, 0.3) is 0 Å². The summed E-state index contributed by atoms with van der Waals surface area (Å²) in [6.45, 7) is 4.87. The summed E-state index contributed by atoms with van der Waals surface area (Å²) in [6, 6.07) is 5.61. The summed E-state index contributed by atoms with van der Waals surface area (Å²) < 4.78 is 0. The zero-order valence-corrected chi connectivity index (χ0v) is 11.3. The van der Waals surface area contributed by atoms with Gasteiger partial charge in [0.15, 0.2) is 11.6 Å². The molecule has 19 heavy (non-hydrogen) atoms. The van der Waals surface area contributed by atoms with Crippen molar-refractivity contribution in [3.8, 4) is 0 Å². The van der Waals surface area contributed by atoms with Gasteiger partial charge in [-0.2, -0.15) is 0 Å². The van der Waals surface area contributed by atoms with E-state index in [1.54, 1.807) is 38.1 Å². The van der Waals surface area contributed by atoms with Crippen LogP contribution in [-0.2, 0) is 4.79 Å². The Morgan fingerprint density at radius 2 is 1.74 bits per heavy atom. The molecule has 0 aromatic heterocycles. The lowest BCUT2D eigenvalue weighted by molar-refractivity contribution is -0.120. The number of amides is 2. The number of carbonyl (C=O) groups excluding carboxylic acids is 3. The van der Waals surface area contributed by atoms with E-state index in [2.05, 4.69) is 10.6 Å². The van der Waals surface area contributed by atoms with Crippen molar-refractivity contribution >= 4 is 23.3 Å². The van der Waals surface area contributed by atoms with Crippen molar-refractivity contribution in [2.24, 2.45) is 0 Å². The van der Waals surface area contributed by atoms with E-state index in [-0.39, 0.29) is 11.6 Å².